The highest BCUT2D eigenvalue weighted by molar-refractivity contribution is 7.14. The monoisotopic (exact) mass is 459 g/mol. The van der Waals surface area contributed by atoms with E-state index in [4.69, 9.17) is 18.9 Å². The van der Waals surface area contributed by atoms with Crippen molar-refractivity contribution >= 4 is 22.7 Å². The second kappa shape index (κ2) is 9.17. The van der Waals surface area contributed by atoms with Gasteiger partial charge >= 0.3 is 0 Å². The minimum absolute atomic E-state index is 0.599. The Morgan fingerprint density at radius 1 is 0.839 bits per heavy atom. The summed E-state index contributed by atoms with van der Waals surface area (Å²) >= 11 is 3.40. The second-order valence-electron chi connectivity index (χ2n) is 8.04. The van der Waals surface area contributed by atoms with Crippen molar-refractivity contribution < 1.29 is 18.9 Å². The lowest BCUT2D eigenvalue weighted by molar-refractivity contribution is 0.174. The van der Waals surface area contributed by atoms with Crippen molar-refractivity contribution in [3.8, 4) is 44.1 Å². The van der Waals surface area contributed by atoms with E-state index < -0.39 is 0 Å². The molecule has 2 aliphatic rings. The number of hydrogen-bond donors (Lipinski definition) is 0. The summed E-state index contributed by atoms with van der Waals surface area (Å²) in [6, 6.07) is 4.45. The van der Waals surface area contributed by atoms with Gasteiger partial charge in [-0.15, -0.1) is 22.7 Å². The summed E-state index contributed by atoms with van der Waals surface area (Å²) in [4.78, 5) is 2.29. The average molecular weight is 460 g/mol. The molecule has 1 unspecified atom stereocenters. The first-order valence-electron chi connectivity index (χ1n) is 11.2. The van der Waals surface area contributed by atoms with Crippen LogP contribution in [0.2, 0.25) is 0 Å². The number of aromatic nitrogens is 1. The summed E-state index contributed by atoms with van der Waals surface area (Å²) in [7, 11) is 0. The Balaban J connectivity index is 1.59. The van der Waals surface area contributed by atoms with E-state index in [0.29, 0.717) is 32.3 Å². The maximum absolute atomic E-state index is 6.02. The molecule has 5 nitrogen and oxygen atoms in total. The average Bonchev–Trinajstić information content (AvgIpc) is 3.52. The normalized spacial score (nSPS) is 15.8. The molecule has 0 saturated carbocycles. The minimum Gasteiger partial charge on any atom is -0.485 e. The smallest absolute Gasteiger partial charge is 0.181 e. The van der Waals surface area contributed by atoms with Crippen molar-refractivity contribution in [1.29, 1.82) is 0 Å². The van der Waals surface area contributed by atoms with Crippen LogP contribution in [0.15, 0.2) is 22.9 Å². The number of ether oxygens (including phenoxy) is 4. The fourth-order valence-corrected chi connectivity index (χ4v) is 6.25. The summed E-state index contributed by atoms with van der Waals surface area (Å²) in [6.45, 7) is 7.98. The van der Waals surface area contributed by atoms with Crippen LogP contribution < -0.4 is 18.9 Å². The number of fused-ring (bicyclic) bond motifs is 2. The first-order chi connectivity index (χ1) is 15.3. The molecule has 0 saturated heterocycles. The number of nitrogens with zero attached hydrogens (tertiary/aromatic N) is 1. The first kappa shape index (κ1) is 20.8. The molecule has 0 aliphatic carbocycles. The highest BCUT2D eigenvalue weighted by Crippen LogP contribution is 2.50. The van der Waals surface area contributed by atoms with Crippen LogP contribution in [0.5, 0.6) is 23.0 Å². The lowest BCUT2D eigenvalue weighted by atomic mass is 9.99. The molecule has 166 valence electrons. The molecule has 3 aromatic heterocycles. The van der Waals surface area contributed by atoms with E-state index in [9.17, 15) is 0 Å². The fraction of sp³-hybridized carbons (Fsp3) is 0.500. The summed E-state index contributed by atoms with van der Waals surface area (Å²) in [5.74, 6) is 4.13. The van der Waals surface area contributed by atoms with Gasteiger partial charge in [-0.25, -0.2) is 0 Å². The van der Waals surface area contributed by atoms with Gasteiger partial charge in [0.05, 0.1) is 21.1 Å². The van der Waals surface area contributed by atoms with Gasteiger partial charge in [-0.2, -0.15) is 0 Å². The van der Waals surface area contributed by atoms with Gasteiger partial charge in [-0.3, -0.25) is 0 Å². The third-order valence-corrected chi connectivity index (χ3v) is 7.96. The predicted octanol–water partition coefficient (Wildman–Crippen LogP) is 6.70. The molecule has 5 rings (SSSR count). The molecule has 0 fully saturated rings. The maximum atomic E-state index is 6.02. The summed E-state index contributed by atoms with van der Waals surface area (Å²) in [6.07, 6.45) is 4.91. The molecule has 2 aliphatic heterocycles. The van der Waals surface area contributed by atoms with Crippen LogP contribution in [0.25, 0.3) is 21.1 Å². The van der Waals surface area contributed by atoms with Crippen molar-refractivity contribution in [3.63, 3.8) is 0 Å². The van der Waals surface area contributed by atoms with E-state index in [1.165, 1.54) is 37.1 Å². The van der Waals surface area contributed by atoms with E-state index in [2.05, 4.69) is 41.3 Å². The zero-order chi connectivity index (χ0) is 21.2. The van der Waals surface area contributed by atoms with Crippen LogP contribution in [-0.4, -0.2) is 31.0 Å². The quantitative estimate of drug-likeness (QED) is 0.376. The van der Waals surface area contributed by atoms with Crippen molar-refractivity contribution in [1.82, 2.24) is 4.57 Å². The number of thiophene rings is 2. The van der Waals surface area contributed by atoms with Crippen LogP contribution in [0.1, 0.15) is 39.5 Å². The largest absolute Gasteiger partial charge is 0.485 e. The van der Waals surface area contributed by atoms with Gasteiger partial charge in [0.15, 0.2) is 23.0 Å². The highest BCUT2D eigenvalue weighted by Gasteiger charge is 2.27. The van der Waals surface area contributed by atoms with Crippen molar-refractivity contribution in [2.24, 2.45) is 5.92 Å². The van der Waals surface area contributed by atoms with E-state index in [-0.39, 0.29) is 0 Å². The molecular weight excluding hydrogens is 430 g/mol. The molecular formula is C24H29NO4S2. The Hall–Kier alpha value is -2.12. The van der Waals surface area contributed by atoms with Gasteiger partial charge in [-0.1, -0.05) is 33.1 Å². The topological polar surface area (TPSA) is 41.9 Å². The SMILES string of the molecule is CCCCC(CC)Cn1c(-c2scc3c2OCCO3)ccc1-c1scc2c1OCCO2. The summed E-state index contributed by atoms with van der Waals surface area (Å²) in [5, 5.41) is 4.14. The van der Waals surface area contributed by atoms with Crippen LogP contribution in [0.4, 0.5) is 0 Å². The summed E-state index contributed by atoms with van der Waals surface area (Å²) < 4.78 is 26.1. The Labute approximate surface area is 191 Å². The van der Waals surface area contributed by atoms with Crippen molar-refractivity contribution in [2.75, 3.05) is 26.4 Å². The van der Waals surface area contributed by atoms with E-state index in [1.807, 2.05) is 0 Å². The molecule has 3 aromatic rings. The standard InChI is InChI=1S/C24H29NO4S2/c1-3-5-6-16(4-2)13-25-17(23-21-19(14-30-23)26-9-11-28-21)7-8-18(25)24-22-20(15-31-24)27-10-12-29-22/h7-8,14-16H,3-6,9-13H2,1-2H3. The van der Waals surface area contributed by atoms with E-state index in [1.54, 1.807) is 22.7 Å². The molecule has 0 bridgehead atoms. The van der Waals surface area contributed by atoms with Gasteiger partial charge in [0.1, 0.15) is 26.4 Å². The van der Waals surface area contributed by atoms with E-state index >= 15 is 0 Å². The maximum Gasteiger partial charge on any atom is 0.181 e. The molecule has 0 amide bonds. The summed E-state index contributed by atoms with van der Waals surface area (Å²) in [5.41, 5.74) is 2.39. The lowest BCUT2D eigenvalue weighted by Gasteiger charge is -2.22. The van der Waals surface area contributed by atoms with Gasteiger partial charge in [0.25, 0.3) is 0 Å². The minimum atomic E-state index is 0.599. The Kier molecular flexibility index (Phi) is 6.14. The Bertz CT molecular complexity index is 963. The molecule has 31 heavy (non-hydrogen) atoms. The molecule has 1 atom stereocenters. The van der Waals surface area contributed by atoms with Gasteiger partial charge in [-0.05, 0) is 24.5 Å². The highest BCUT2D eigenvalue weighted by atomic mass is 32.1. The molecule has 0 aromatic carbocycles. The van der Waals surface area contributed by atoms with Gasteiger partial charge in [0.2, 0.25) is 0 Å². The van der Waals surface area contributed by atoms with Crippen molar-refractivity contribution in [3.05, 3.63) is 22.9 Å². The molecule has 7 heteroatoms. The van der Waals surface area contributed by atoms with Crippen molar-refractivity contribution in [2.45, 2.75) is 46.1 Å². The van der Waals surface area contributed by atoms with Crippen LogP contribution in [0.3, 0.4) is 0 Å². The fourth-order valence-electron chi connectivity index (χ4n) is 4.32. The first-order valence-corrected chi connectivity index (χ1v) is 13.0. The Morgan fingerprint density at radius 2 is 1.39 bits per heavy atom. The number of unbranched alkanes of at least 4 members (excludes halogenated alkanes) is 1. The van der Waals surface area contributed by atoms with Crippen LogP contribution in [-0.2, 0) is 6.54 Å². The number of rotatable bonds is 8. The third-order valence-electron chi connectivity index (χ3n) is 6.03. The molecule has 0 radical (unpaired) electrons. The zero-order valence-electron chi connectivity index (χ0n) is 18.1. The van der Waals surface area contributed by atoms with E-state index in [0.717, 1.165) is 39.3 Å². The number of hydrogen-bond acceptors (Lipinski definition) is 6. The van der Waals surface area contributed by atoms with Gasteiger partial charge in [0, 0.05) is 17.3 Å². The third kappa shape index (κ3) is 3.94. The molecule has 0 spiro atoms. The second-order valence-corrected chi connectivity index (χ2v) is 9.80. The predicted molar refractivity (Wildman–Crippen MR) is 126 cm³/mol. The Morgan fingerprint density at radius 3 is 1.90 bits per heavy atom. The zero-order valence-corrected chi connectivity index (χ0v) is 19.8. The van der Waals surface area contributed by atoms with Crippen LogP contribution >= 0.6 is 22.7 Å². The van der Waals surface area contributed by atoms with Crippen LogP contribution in [0, 0.1) is 5.92 Å². The van der Waals surface area contributed by atoms with Gasteiger partial charge < -0.3 is 23.5 Å². The lowest BCUT2D eigenvalue weighted by Crippen LogP contribution is -2.16. The molecule has 5 heterocycles. The molecule has 0 N–H and O–H groups in total.